The first-order valence-corrected chi connectivity index (χ1v) is 15.9. The van der Waals surface area contributed by atoms with Crippen LogP contribution in [0, 0.1) is 17.0 Å². The number of fused-ring (bicyclic) bond motifs is 1. The van der Waals surface area contributed by atoms with Crippen LogP contribution >= 0.6 is 0 Å². The molecule has 0 bridgehead atoms. The quantitative estimate of drug-likeness (QED) is 0.261. The molecule has 3 aromatic rings. The Morgan fingerprint density at radius 3 is 2.43 bits per heavy atom. The van der Waals surface area contributed by atoms with Gasteiger partial charge in [-0.05, 0) is 92.7 Å². The lowest BCUT2D eigenvalue weighted by atomic mass is 9.69. The fraction of sp³-hybridized carbons (Fsp3) is 0.500. The van der Waals surface area contributed by atoms with E-state index in [-0.39, 0.29) is 28.9 Å². The van der Waals surface area contributed by atoms with E-state index in [0.717, 1.165) is 69.7 Å². The molecule has 0 aromatic heterocycles. The number of nitrogens with zero attached hydrogens (tertiary/aromatic N) is 1. The standard InChI is InChI=1S/C36H42F4N2O2/c1-24-16-26-17-27(43-21-25-8-4-3-5-9-25)11-12-30(26)34(42(24)23-35(2,39)40)33-31(37)18-29(19-32(33)38)44-28-10-6-13-36(20-28)14-7-15-41-22-36/h3-5,8-9,11-12,17-19,24,28,34,41H,6-7,10,13-16,20-23H2,1-2H3/t24-,28?,34?,36?/m1/s1. The zero-order valence-corrected chi connectivity index (χ0v) is 25.6. The number of hydrogen-bond donors (Lipinski definition) is 1. The summed E-state index contributed by atoms with van der Waals surface area (Å²) in [6, 6.07) is 16.2. The highest BCUT2D eigenvalue weighted by Crippen LogP contribution is 2.45. The molecule has 0 amide bonds. The van der Waals surface area contributed by atoms with E-state index in [2.05, 4.69) is 5.32 Å². The zero-order chi connectivity index (χ0) is 30.9. The highest BCUT2D eigenvalue weighted by molar-refractivity contribution is 5.46. The van der Waals surface area contributed by atoms with Gasteiger partial charge in [0, 0.05) is 37.2 Å². The molecule has 6 rings (SSSR count). The Bertz CT molecular complexity index is 1410. The van der Waals surface area contributed by atoms with E-state index in [1.54, 1.807) is 12.1 Å². The van der Waals surface area contributed by atoms with Gasteiger partial charge in [-0.15, -0.1) is 0 Å². The minimum atomic E-state index is -3.05. The lowest BCUT2D eigenvalue weighted by Gasteiger charge is -2.44. The monoisotopic (exact) mass is 610 g/mol. The SMILES string of the molecule is C[C@@H]1Cc2cc(OCc3ccccc3)ccc2C(c2c(F)cc(OC3CCCC4(CCCNC4)C3)cc2F)N1CC(C)(F)F. The summed E-state index contributed by atoms with van der Waals surface area (Å²) in [6.45, 7) is 4.39. The van der Waals surface area contributed by atoms with Gasteiger partial charge in [-0.3, -0.25) is 4.90 Å². The van der Waals surface area contributed by atoms with E-state index in [0.29, 0.717) is 24.3 Å². The zero-order valence-electron chi connectivity index (χ0n) is 25.6. The summed E-state index contributed by atoms with van der Waals surface area (Å²) in [5, 5.41) is 3.50. The maximum atomic E-state index is 16.0. The van der Waals surface area contributed by atoms with Gasteiger partial charge in [0.1, 0.15) is 29.7 Å². The van der Waals surface area contributed by atoms with Crippen molar-refractivity contribution >= 4 is 0 Å². The maximum absolute atomic E-state index is 16.0. The molecule has 2 aliphatic heterocycles. The van der Waals surface area contributed by atoms with E-state index in [1.807, 2.05) is 43.3 Å². The van der Waals surface area contributed by atoms with E-state index in [1.165, 1.54) is 17.0 Å². The number of alkyl halides is 2. The Morgan fingerprint density at radius 2 is 1.73 bits per heavy atom. The molecule has 4 nitrogen and oxygen atoms in total. The summed E-state index contributed by atoms with van der Waals surface area (Å²) in [7, 11) is 0. The first-order valence-electron chi connectivity index (χ1n) is 15.9. The molecular formula is C36H42F4N2O2. The van der Waals surface area contributed by atoms with Crippen molar-refractivity contribution in [3.63, 3.8) is 0 Å². The molecule has 4 atom stereocenters. The van der Waals surface area contributed by atoms with Gasteiger partial charge in [0.15, 0.2) is 0 Å². The Labute approximate surface area is 257 Å². The minimum absolute atomic E-state index is 0.117. The summed E-state index contributed by atoms with van der Waals surface area (Å²) >= 11 is 0. The van der Waals surface area contributed by atoms with Crippen LogP contribution in [-0.2, 0) is 13.0 Å². The second-order valence-electron chi connectivity index (χ2n) is 13.3. The van der Waals surface area contributed by atoms with Gasteiger partial charge in [0.25, 0.3) is 5.92 Å². The number of halogens is 4. The van der Waals surface area contributed by atoms with E-state index < -0.39 is 30.1 Å². The van der Waals surface area contributed by atoms with Crippen LogP contribution in [0.1, 0.15) is 80.7 Å². The van der Waals surface area contributed by atoms with Gasteiger partial charge in [0.2, 0.25) is 0 Å². The fourth-order valence-electron chi connectivity index (χ4n) is 7.61. The molecule has 1 N–H and O–H groups in total. The van der Waals surface area contributed by atoms with Crippen molar-refractivity contribution < 1.29 is 27.0 Å². The van der Waals surface area contributed by atoms with Crippen molar-refractivity contribution in [2.45, 2.75) is 89.5 Å². The van der Waals surface area contributed by atoms with Gasteiger partial charge in [0.05, 0.1) is 18.7 Å². The number of hydrogen-bond acceptors (Lipinski definition) is 4. The molecule has 1 saturated heterocycles. The van der Waals surface area contributed by atoms with Crippen LogP contribution in [0.2, 0.25) is 0 Å². The minimum Gasteiger partial charge on any atom is -0.490 e. The Morgan fingerprint density at radius 1 is 0.977 bits per heavy atom. The van der Waals surface area contributed by atoms with Crippen molar-refractivity contribution in [1.82, 2.24) is 10.2 Å². The third-order valence-corrected chi connectivity index (χ3v) is 9.61. The van der Waals surface area contributed by atoms with E-state index in [4.69, 9.17) is 9.47 Å². The topological polar surface area (TPSA) is 33.7 Å². The van der Waals surface area contributed by atoms with Crippen molar-refractivity contribution in [3.05, 3.63) is 94.6 Å². The summed E-state index contributed by atoms with van der Waals surface area (Å²) < 4.78 is 73.3. The molecule has 2 fully saturated rings. The highest BCUT2D eigenvalue weighted by atomic mass is 19.3. The molecule has 3 unspecified atom stereocenters. The first-order chi connectivity index (χ1) is 21.1. The molecule has 3 aliphatic rings. The van der Waals surface area contributed by atoms with Crippen LogP contribution < -0.4 is 14.8 Å². The molecule has 2 heterocycles. The third kappa shape index (κ3) is 6.91. The largest absolute Gasteiger partial charge is 0.490 e. The van der Waals surface area contributed by atoms with Crippen LogP contribution in [0.25, 0.3) is 0 Å². The molecule has 8 heteroatoms. The molecule has 3 aromatic carbocycles. The molecule has 1 aliphatic carbocycles. The molecule has 236 valence electrons. The maximum Gasteiger partial charge on any atom is 0.257 e. The van der Waals surface area contributed by atoms with Crippen molar-refractivity contribution in [2.24, 2.45) is 5.41 Å². The molecular weight excluding hydrogens is 568 g/mol. The van der Waals surface area contributed by atoms with Gasteiger partial charge in [-0.25, -0.2) is 17.6 Å². The molecule has 1 spiro atoms. The van der Waals surface area contributed by atoms with Crippen molar-refractivity contribution in [1.29, 1.82) is 0 Å². The van der Waals surface area contributed by atoms with E-state index >= 15 is 8.78 Å². The van der Waals surface area contributed by atoms with Crippen molar-refractivity contribution in [3.8, 4) is 11.5 Å². The van der Waals surface area contributed by atoms with Gasteiger partial charge in [-0.1, -0.05) is 36.4 Å². The first kappa shape index (κ1) is 30.9. The van der Waals surface area contributed by atoms with Gasteiger partial charge >= 0.3 is 0 Å². The number of ether oxygens (including phenoxy) is 2. The highest BCUT2D eigenvalue weighted by Gasteiger charge is 2.41. The lowest BCUT2D eigenvalue weighted by molar-refractivity contribution is -0.0371. The van der Waals surface area contributed by atoms with Gasteiger partial charge in [-0.2, -0.15) is 0 Å². The average molecular weight is 611 g/mol. The van der Waals surface area contributed by atoms with Crippen LogP contribution in [-0.4, -0.2) is 42.6 Å². The van der Waals surface area contributed by atoms with Crippen LogP contribution in [0.15, 0.2) is 60.7 Å². The number of rotatable bonds is 8. The van der Waals surface area contributed by atoms with E-state index in [9.17, 15) is 8.78 Å². The molecule has 44 heavy (non-hydrogen) atoms. The molecule has 0 radical (unpaired) electrons. The Kier molecular flexibility index (Phi) is 8.93. The third-order valence-electron chi connectivity index (χ3n) is 9.61. The average Bonchev–Trinajstić information content (AvgIpc) is 2.97. The van der Waals surface area contributed by atoms with Crippen LogP contribution in [0.5, 0.6) is 11.5 Å². The number of nitrogens with one attached hydrogen (secondary N) is 1. The predicted molar refractivity (Wildman–Crippen MR) is 163 cm³/mol. The van der Waals surface area contributed by atoms with Crippen LogP contribution in [0.3, 0.4) is 0 Å². The summed E-state index contributed by atoms with van der Waals surface area (Å²) in [6.07, 6.45) is 6.44. The van der Waals surface area contributed by atoms with Gasteiger partial charge < -0.3 is 14.8 Å². The summed E-state index contributed by atoms with van der Waals surface area (Å²) in [5.74, 6) is -3.86. The van der Waals surface area contributed by atoms with Crippen molar-refractivity contribution in [2.75, 3.05) is 19.6 Å². The summed E-state index contributed by atoms with van der Waals surface area (Å²) in [5.41, 5.74) is 2.39. The fourth-order valence-corrected chi connectivity index (χ4v) is 7.61. The number of benzene rings is 3. The Hall–Kier alpha value is -3.10. The second kappa shape index (κ2) is 12.7. The molecule has 1 saturated carbocycles. The summed E-state index contributed by atoms with van der Waals surface area (Å²) in [4.78, 5) is 1.52. The lowest BCUT2D eigenvalue weighted by Crippen LogP contribution is -2.48. The predicted octanol–water partition coefficient (Wildman–Crippen LogP) is 8.23. The number of piperidine rings is 1. The van der Waals surface area contributed by atoms with Crippen LogP contribution in [0.4, 0.5) is 17.6 Å². The smallest absolute Gasteiger partial charge is 0.257 e. The second-order valence-corrected chi connectivity index (χ2v) is 13.3. The Balaban J connectivity index is 1.29. The normalized spacial score (nSPS) is 25.9.